The van der Waals surface area contributed by atoms with Crippen LogP contribution in [0.2, 0.25) is 0 Å². The number of hydrogen-bond donors (Lipinski definition) is 1. The Morgan fingerprint density at radius 3 is 2.38 bits per heavy atom. The molecule has 0 fully saturated rings. The van der Waals surface area contributed by atoms with Gasteiger partial charge in [-0.25, -0.2) is 9.97 Å². The van der Waals surface area contributed by atoms with Crippen molar-refractivity contribution in [2.45, 2.75) is 19.0 Å². The molecule has 1 aromatic rings. The van der Waals surface area contributed by atoms with E-state index in [1.165, 1.54) is 0 Å². The molecule has 2 N–H and O–H groups in total. The van der Waals surface area contributed by atoms with E-state index >= 15 is 0 Å². The summed E-state index contributed by atoms with van der Waals surface area (Å²) in [5.74, 6) is 0.420. The van der Waals surface area contributed by atoms with Crippen LogP contribution in [0.4, 0.5) is 0 Å². The maximum Gasteiger partial charge on any atom is 0.218 e. The third-order valence-electron chi connectivity index (χ3n) is 1.47. The molecule has 0 bridgehead atoms. The summed E-state index contributed by atoms with van der Waals surface area (Å²) in [6, 6.07) is 1.85. The van der Waals surface area contributed by atoms with Gasteiger partial charge in [0.25, 0.3) is 0 Å². The van der Waals surface area contributed by atoms with Crippen LogP contribution in [0.15, 0.2) is 11.2 Å². The number of aromatic nitrogens is 2. The molecule has 0 aliphatic rings. The van der Waals surface area contributed by atoms with Crippen LogP contribution in [0.25, 0.3) is 0 Å². The van der Waals surface area contributed by atoms with Gasteiger partial charge in [-0.3, -0.25) is 4.21 Å². The molecule has 1 unspecified atom stereocenters. The summed E-state index contributed by atoms with van der Waals surface area (Å²) in [6.45, 7) is 4.11. The van der Waals surface area contributed by atoms with Gasteiger partial charge in [0, 0.05) is 23.7 Å². The lowest BCUT2D eigenvalue weighted by molar-refractivity contribution is 0.673. The minimum atomic E-state index is -1.15. The van der Waals surface area contributed by atoms with E-state index < -0.39 is 10.8 Å². The van der Waals surface area contributed by atoms with Gasteiger partial charge in [-0.15, -0.1) is 0 Å². The molecule has 13 heavy (non-hydrogen) atoms. The van der Waals surface area contributed by atoms with Crippen LogP contribution in [0.5, 0.6) is 0 Å². The van der Waals surface area contributed by atoms with Gasteiger partial charge in [-0.1, -0.05) is 0 Å². The van der Waals surface area contributed by atoms with E-state index in [1.54, 1.807) is 0 Å². The number of nitrogens with two attached hydrogens (primary N) is 1. The molecule has 0 radical (unpaired) electrons. The zero-order chi connectivity index (χ0) is 9.84. The number of hydrogen-bond acceptors (Lipinski definition) is 4. The first kappa shape index (κ1) is 10.3. The van der Waals surface area contributed by atoms with Crippen LogP contribution in [-0.2, 0) is 10.8 Å². The SMILES string of the molecule is Cc1cc(C)nc(S(=O)CCN)n1. The fourth-order valence-corrected chi connectivity index (χ4v) is 1.88. The monoisotopic (exact) mass is 199 g/mol. The predicted molar refractivity (Wildman–Crippen MR) is 51.8 cm³/mol. The molecular formula is C8H13N3OS. The number of rotatable bonds is 3. The molecule has 0 aromatic carbocycles. The Labute approximate surface area is 80.0 Å². The number of aryl methyl sites for hydroxylation is 2. The largest absolute Gasteiger partial charge is 0.330 e. The van der Waals surface area contributed by atoms with Crippen molar-refractivity contribution in [2.75, 3.05) is 12.3 Å². The lowest BCUT2D eigenvalue weighted by Gasteiger charge is -2.01. The Bertz CT molecular complexity index is 307. The van der Waals surface area contributed by atoms with Crippen LogP contribution in [-0.4, -0.2) is 26.5 Å². The molecule has 0 saturated heterocycles. The van der Waals surface area contributed by atoms with E-state index in [4.69, 9.17) is 5.73 Å². The van der Waals surface area contributed by atoms with Gasteiger partial charge in [-0.05, 0) is 19.9 Å². The second-order valence-corrected chi connectivity index (χ2v) is 4.24. The predicted octanol–water partition coefficient (Wildman–Crippen LogP) is 0.160. The molecule has 1 heterocycles. The molecule has 0 amide bonds. The van der Waals surface area contributed by atoms with E-state index in [0.717, 1.165) is 11.4 Å². The van der Waals surface area contributed by atoms with Crippen molar-refractivity contribution in [3.8, 4) is 0 Å². The van der Waals surface area contributed by atoms with Crippen molar-refractivity contribution in [3.63, 3.8) is 0 Å². The quantitative estimate of drug-likeness (QED) is 0.704. The smallest absolute Gasteiger partial charge is 0.218 e. The second kappa shape index (κ2) is 4.43. The van der Waals surface area contributed by atoms with Crippen LogP contribution in [0, 0.1) is 13.8 Å². The maximum atomic E-state index is 11.5. The highest BCUT2D eigenvalue weighted by atomic mass is 32.2. The molecule has 0 spiro atoms. The second-order valence-electron chi connectivity index (χ2n) is 2.77. The Morgan fingerprint density at radius 2 is 1.92 bits per heavy atom. The Hall–Kier alpha value is -0.810. The van der Waals surface area contributed by atoms with Crippen molar-refractivity contribution < 1.29 is 4.21 Å². The molecule has 4 nitrogen and oxygen atoms in total. The van der Waals surface area contributed by atoms with Crippen LogP contribution >= 0.6 is 0 Å². The van der Waals surface area contributed by atoms with Crippen LogP contribution in [0.3, 0.4) is 0 Å². The molecule has 5 heteroatoms. The fraction of sp³-hybridized carbons (Fsp3) is 0.500. The van der Waals surface area contributed by atoms with Crippen LogP contribution < -0.4 is 5.73 Å². The van der Waals surface area contributed by atoms with Gasteiger partial charge in [0.2, 0.25) is 5.16 Å². The summed E-state index contributed by atoms with van der Waals surface area (Å²) < 4.78 is 11.5. The highest BCUT2D eigenvalue weighted by Crippen LogP contribution is 2.03. The number of nitrogens with zero attached hydrogens (tertiary/aromatic N) is 2. The van der Waals surface area contributed by atoms with Gasteiger partial charge in [0.15, 0.2) is 0 Å². The summed E-state index contributed by atoms with van der Waals surface area (Å²) >= 11 is 0. The summed E-state index contributed by atoms with van der Waals surface area (Å²) in [4.78, 5) is 8.17. The van der Waals surface area contributed by atoms with Gasteiger partial charge in [0.05, 0.1) is 10.8 Å². The first-order valence-electron chi connectivity index (χ1n) is 4.04. The zero-order valence-electron chi connectivity index (χ0n) is 7.78. The van der Waals surface area contributed by atoms with Crippen molar-refractivity contribution in [2.24, 2.45) is 5.73 Å². The van der Waals surface area contributed by atoms with Crippen molar-refractivity contribution in [3.05, 3.63) is 17.5 Å². The zero-order valence-corrected chi connectivity index (χ0v) is 8.60. The van der Waals surface area contributed by atoms with E-state index in [1.807, 2.05) is 19.9 Å². The van der Waals surface area contributed by atoms with E-state index in [-0.39, 0.29) is 0 Å². The average molecular weight is 199 g/mol. The highest BCUT2D eigenvalue weighted by Gasteiger charge is 2.06. The Balaban J connectivity index is 2.94. The summed E-state index contributed by atoms with van der Waals surface area (Å²) in [7, 11) is -1.15. The van der Waals surface area contributed by atoms with E-state index in [0.29, 0.717) is 17.5 Å². The normalized spacial score (nSPS) is 12.8. The fourth-order valence-electron chi connectivity index (χ4n) is 0.994. The topological polar surface area (TPSA) is 68.9 Å². The molecule has 0 aliphatic carbocycles. The highest BCUT2D eigenvalue weighted by molar-refractivity contribution is 7.84. The molecule has 1 aromatic heterocycles. The van der Waals surface area contributed by atoms with E-state index in [2.05, 4.69) is 9.97 Å². The van der Waals surface area contributed by atoms with Gasteiger partial charge in [0.1, 0.15) is 0 Å². The van der Waals surface area contributed by atoms with Gasteiger partial charge in [-0.2, -0.15) is 0 Å². The molecule has 72 valence electrons. The average Bonchev–Trinajstić information content (AvgIpc) is 2.03. The Kier molecular flexibility index (Phi) is 3.50. The van der Waals surface area contributed by atoms with Crippen molar-refractivity contribution in [1.29, 1.82) is 0 Å². The van der Waals surface area contributed by atoms with Gasteiger partial charge < -0.3 is 5.73 Å². The molecule has 1 atom stereocenters. The minimum Gasteiger partial charge on any atom is -0.330 e. The maximum absolute atomic E-state index is 11.5. The molecule has 0 saturated carbocycles. The lowest BCUT2D eigenvalue weighted by atomic mass is 10.4. The third kappa shape index (κ3) is 2.86. The lowest BCUT2D eigenvalue weighted by Crippen LogP contribution is -2.13. The summed E-state index contributed by atoms with van der Waals surface area (Å²) in [6.07, 6.45) is 0. The molecule has 0 aliphatic heterocycles. The first-order valence-corrected chi connectivity index (χ1v) is 5.36. The molecular weight excluding hydrogens is 186 g/mol. The summed E-state index contributed by atoms with van der Waals surface area (Å²) in [5, 5.41) is 0.392. The first-order chi connectivity index (χ1) is 6.13. The van der Waals surface area contributed by atoms with Crippen molar-refractivity contribution >= 4 is 10.8 Å². The Morgan fingerprint density at radius 1 is 1.38 bits per heavy atom. The van der Waals surface area contributed by atoms with E-state index in [9.17, 15) is 4.21 Å². The summed E-state index contributed by atoms with van der Waals surface area (Å²) in [5.41, 5.74) is 6.98. The van der Waals surface area contributed by atoms with Crippen LogP contribution in [0.1, 0.15) is 11.4 Å². The molecule has 1 rings (SSSR count). The van der Waals surface area contributed by atoms with Gasteiger partial charge >= 0.3 is 0 Å². The standard InChI is InChI=1S/C8H13N3OS/c1-6-5-7(2)11-8(10-6)13(12)4-3-9/h5H,3-4,9H2,1-2H3. The minimum absolute atomic E-state index is 0.392. The van der Waals surface area contributed by atoms with Crippen molar-refractivity contribution in [1.82, 2.24) is 9.97 Å². The third-order valence-corrected chi connectivity index (χ3v) is 2.66.